The van der Waals surface area contributed by atoms with E-state index in [4.69, 9.17) is 0 Å². The fourth-order valence-electron chi connectivity index (χ4n) is 2.78. The van der Waals surface area contributed by atoms with Gasteiger partial charge in [0.15, 0.2) is 5.82 Å². The minimum atomic E-state index is -0.240. The van der Waals surface area contributed by atoms with Gasteiger partial charge in [-0.15, -0.1) is 0 Å². The van der Waals surface area contributed by atoms with Crippen LogP contribution < -0.4 is 10.6 Å². The zero-order valence-electron chi connectivity index (χ0n) is 16.7. The highest BCUT2D eigenvalue weighted by Gasteiger charge is 2.13. The molecular weight excluding hydrogens is 367 g/mol. The first-order chi connectivity index (χ1) is 14.0. The standard InChI is InChI=1S/C23H25FN4O/c1-16(2)15-26-23(29)20-14-21(25-13-12-17-8-6-7-11-19(17)24)28-22(27-20)18-9-4-3-5-10-18/h3-11,14,16H,12-13,15H2,1-2H3,(H,26,29)(H,25,27,28). The quantitative estimate of drug-likeness (QED) is 0.599. The number of rotatable bonds is 8. The fourth-order valence-corrected chi connectivity index (χ4v) is 2.78. The molecule has 3 aromatic rings. The van der Waals surface area contributed by atoms with Crippen molar-refractivity contribution in [1.82, 2.24) is 15.3 Å². The molecule has 0 aliphatic rings. The van der Waals surface area contributed by atoms with Crippen molar-refractivity contribution in [2.45, 2.75) is 20.3 Å². The molecule has 29 heavy (non-hydrogen) atoms. The third kappa shape index (κ3) is 5.85. The Kier molecular flexibility index (Phi) is 6.89. The van der Waals surface area contributed by atoms with Crippen molar-refractivity contribution in [3.05, 3.63) is 77.7 Å². The molecule has 0 unspecified atom stereocenters. The molecule has 5 nitrogen and oxygen atoms in total. The number of hydrogen-bond acceptors (Lipinski definition) is 4. The Morgan fingerprint density at radius 1 is 1.03 bits per heavy atom. The Balaban J connectivity index is 1.80. The van der Waals surface area contributed by atoms with Gasteiger partial charge >= 0.3 is 0 Å². The van der Waals surface area contributed by atoms with Crippen molar-refractivity contribution in [2.24, 2.45) is 5.92 Å². The summed E-state index contributed by atoms with van der Waals surface area (Å²) >= 11 is 0. The van der Waals surface area contributed by atoms with Crippen LogP contribution in [0.3, 0.4) is 0 Å². The third-order valence-corrected chi connectivity index (χ3v) is 4.32. The lowest BCUT2D eigenvalue weighted by Gasteiger charge is -2.12. The van der Waals surface area contributed by atoms with Gasteiger partial charge in [-0.2, -0.15) is 0 Å². The van der Waals surface area contributed by atoms with Gasteiger partial charge in [0.1, 0.15) is 17.3 Å². The average Bonchev–Trinajstić information content (AvgIpc) is 2.74. The van der Waals surface area contributed by atoms with Gasteiger partial charge in [-0.05, 0) is 24.0 Å². The van der Waals surface area contributed by atoms with Crippen LogP contribution in [0.5, 0.6) is 0 Å². The molecule has 0 atom stereocenters. The van der Waals surface area contributed by atoms with E-state index in [0.29, 0.717) is 48.3 Å². The van der Waals surface area contributed by atoms with E-state index in [0.717, 1.165) is 5.56 Å². The van der Waals surface area contributed by atoms with E-state index in [1.54, 1.807) is 18.2 Å². The van der Waals surface area contributed by atoms with Crippen molar-refractivity contribution in [2.75, 3.05) is 18.4 Å². The molecule has 3 rings (SSSR count). The number of halogens is 1. The van der Waals surface area contributed by atoms with Crippen LogP contribution in [-0.4, -0.2) is 29.0 Å². The minimum Gasteiger partial charge on any atom is -0.370 e. The van der Waals surface area contributed by atoms with Crippen LogP contribution >= 0.6 is 0 Å². The number of nitrogens with one attached hydrogen (secondary N) is 2. The van der Waals surface area contributed by atoms with Crippen LogP contribution in [0.1, 0.15) is 29.9 Å². The number of nitrogens with zero attached hydrogens (tertiary/aromatic N) is 2. The van der Waals surface area contributed by atoms with E-state index in [1.807, 2.05) is 50.2 Å². The maximum absolute atomic E-state index is 13.8. The van der Waals surface area contributed by atoms with Crippen LogP contribution in [0.2, 0.25) is 0 Å². The second-order valence-corrected chi connectivity index (χ2v) is 7.20. The molecule has 1 amide bonds. The largest absolute Gasteiger partial charge is 0.370 e. The monoisotopic (exact) mass is 392 g/mol. The molecule has 0 saturated carbocycles. The lowest BCUT2D eigenvalue weighted by Crippen LogP contribution is -2.28. The third-order valence-electron chi connectivity index (χ3n) is 4.32. The maximum Gasteiger partial charge on any atom is 0.270 e. The summed E-state index contributed by atoms with van der Waals surface area (Å²) in [6, 6.07) is 17.8. The highest BCUT2D eigenvalue weighted by atomic mass is 19.1. The van der Waals surface area contributed by atoms with Gasteiger partial charge in [-0.3, -0.25) is 4.79 Å². The minimum absolute atomic E-state index is 0.226. The molecule has 0 fully saturated rings. The molecule has 6 heteroatoms. The molecule has 0 spiro atoms. The molecule has 0 saturated heterocycles. The molecule has 0 aliphatic heterocycles. The van der Waals surface area contributed by atoms with Gasteiger partial charge in [-0.1, -0.05) is 62.4 Å². The van der Waals surface area contributed by atoms with E-state index in [2.05, 4.69) is 20.6 Å². The summed E-state index contributed by atoms with van der Waals surface area (Å²) in [5.41, 5.74) is 1.75. The van der Waals surface area contributed by atoms with Gasteiger partial charge in [0.05, 0.1) is 0 Å². The molecule has 0 aliphatic carbocycles. The predicted octanol–water partition coefficient (Wildman–Crippen LogP) is 4.32. The second-order valence-electron chi connectivity index (χ2n) is 7.20. The predicted molar refractivity (Wildman–Crippen MR) is 113 cm³/mol. The van der Waals surface area contributed by atoms with Crippen LogP contribution in [0.15, 0.2) is 60.7 Å². The van der Waals surface area contributed by atoms with Gasteiger partial charge in [0.25, 0.3) is 5.91 Å². The highest BCUT2D eigenvalue weighted by molar-refractivity contribution is 5.93. The van der Waals surface area contributed by atoms with Gasteiger partial charge in [0, 0.05) is 24.7 Å². The number of carbonyl (C=O) groups is 1. The number of amides is 1. The molecule has 2 aromatic carbocycles. The van der Waals surface area contributed by atoms with E-state index in [1.165, 1.54) is 6.07 Å². The topological polar surface area (TPSA) is 66.9 Å². The van der Waals surface area contributed by atoms with Crippen molar-refractivity contribution < 1.29 is 9.18 Å². The molecule has 150 valence electrons. The SMILES string of the molecule is CC(C)CNC(=O)c1cc(NCCc2ccccc2F)nc(-c2ccccc2)n1. The lowest BCUT2D eigenvalue weighted by atomic mass is 10.1. The molecule has 0 bridgehead atoms. The number of hydrogen-bond donors (Lipinski definition) is 2. The Hall–Kier alpha value is -3.28. The summed E-state index contributed by atoms with van der Waals surface area (Å²) in [6.07, 6.45) is 0.506. The number of aromatic nitrogens is 2. The van der Waals surface area contributed by atoms with Crippen molar-refractivity contribution in [3.63, 3.8) is 0 Å². The molecule has 0 radical (unpaired) electrons. The Morgan fingerprint density at radius 3 is 2.48 bits per heavy atom. The van der Waals surface area contributed by atoms with Gasteiger partial charge in [0.2, 0.25) is 0 Å². The second kappa shape index (κ2) is 9.78. The van der Waals surface area contributed by atoms with Crippen molar-refractivity contribution >= 4 is 11.7 Å². The van der Waals surface area contributed by atoms with Crippen LogP contribution in [-0.2, 0) is 6.42 Å². The molecular formula is C23H25FN4O. The lowest BCUT2D eigenvalue weighted by molar-refractivity contribution is 0.0944. The molecule has 1 heterocycles. The summed E-state index contributed by atoms with van der Waals surface area (Å²) < 4.78 is 13.8. The van der Waals surface area contributed by atoms with E-state index in [9.17, 15) is 9.18 Å². The number of carbonyl (C=O) groups excluding carboxylic acids is 1. The first kappa shape index (κ1) is 20.5. The summed E-state index contributed by atoms with van der Waals surface area (Å²) in [6.45, 7) is 5.12. The van der Waals surface area contributed by atoms with E-state index >= 15 is 0 Å². The Morgan fingerprint density at radius 2 is 1.76 bits per heavy atom. The van der Waals surface area contributed by atoms with Crippen LogP contribution in [0.4, 0.5) is 10.2 Å². The van der Waals surface area contributed by atoms with Crippen LogP contribution in [0.25, 0.3) is 11.4 Å². The number of anilines is 1. The van der Waals surface area contributed by atoms with E-state index < -0.39 is 0 Å². The van der Waals surface area contributed by atoms with Gasteiger partial charge in [-0.25, -0.2) is 14.4 Å². The average molecular weight is 392 g/mol. The zero-order valence-corrected chi connectivity index (χ0v) is 16.7. The van der Waals surface area contributed by atoms with Gasteiger partial charge < -0.3 is 10.6 Å². The first-order valence-electron chi connectivity index (χ1n) is 9.73. The van der Waals surface area contributed by atoms with Crippen molar-refractivity contribution in [1.29, 1.82) is 0 Å². The Bertz CT molecular complexity index is 960. The maximum atomic E-state index is 13.8. The summed E-state index contributed by atoms with van der Waals surface area (Å²) in [5.74, 6) is 0.875. The molecule has 2 N–H and O–H groups in total. The Labute approximate surface area is 170 Å². The summed E-state index contributed by atoms with van der Waals surface area (Å²) in [4.78, 5) is 21.5. The van der Waals surface area contributed by atoms with Crippen molar-refractivity contribution in [3.8, 4) is 11.4 Å². The molecule has 1 aromatic heterocycles. The zero-order chi connectivity index (χ0) is 20.6. The summed E-state index contributed by atoms with van der Waals surface area (Å²) in [7, 11) is 0. The number of benzene rings is 2. The van der Waals surface area contributed by atoms with E-state index in [-0.39, 0.29) is 11.7 Å². The summed E-state index contributed by atoms with van der Waals surface area (Å²) in [5, 5.41) is 6.08. The first-order valence-corrected chi connectivity index (χ1v) is 9.73. The normalized spacial score (nSPS) is 10.8. The smallest absolute Gasteiger partial charge is 0.270 e. The highest BCUT2D eigenvalue weighted by Crippen LogP contribution is 2.18. The fraction of sp³-hybridized carbons (Fsp3) is 0.261. The van der Waals surface area contributed by atoms with Crippen LogP contribution in [0, 0.1) is 11.7 Å².